The van der Waals surface area contributed by atoms with Crippen LogP contribution in [0.1, 0.15) is 29.2 Å². The predicted octanol–water partition coefficient (Wildman–Crippen LogP) is 3.30. The molecule has 0 aliphatic heterocycles. The molecular formula is C18H19ClN4O2S. The molecule has 0 aliphatic rings. The van der Waals surface area contributed by atoms with Crippen molar-refractivity contribution in [1.29, 1.82) is 0 Å². The van der Waals surface area contributed by atoms with E-state index < -0.39 is 6.04 Å². The smallest absolute Gasteiger partial charge is 0.262 e. The summed E-state index contributed by atoms with van der Waals surface area (Å²) in [5, 5.41) is 11.5. The molecule has 6 nitrogen and oxygen atoms in total. The number of amides is 2. The molecule has 3 aromatic rings. The van der Waals surface area contributed by atoms with E-state index in [9.17, 15) is 9.59 Å². The van der Waals surface area contributed by atoms with Crippen molar-refractivity contribution in [2.75, 3.05) is 6.54 Å². The summed E-state index contributed by atoms with van der Waals surface area (Å²) in [6.07, 6.45) is 0. The van der Waals surface area contributed by atoms with Crippen molar-refractivity contribution < 1.29 is 9.59 Å². The van der Waals surface area contributed by atoms with Crippen LogP contribution in [0.2, 0.25) is 5.02 Å². The van der Waals surface area contributed by atoms with Crippen LogP contribution in [0.25, 0.3) is 15.9 Å². The van der Waals surface area contributed by atoms with Crippen molar-refractivity contribution in [3.8, 4) is 5.69 Å². The highest BCUT2D eigenvalue weighted by atomic mass is 35.5. The van der Waals surface area contributed by atoms with Gasteiger partial charge in [-0.25, -0.2) is 4.68 Å². The fraction of sp³-hybridized carbons (Fsp3) is 0.278. The second-order valence-electron chi connectivity index (χ2n) is 5.90. The summed E-state index contributed by atoms with van der Waals surface area (Å²) >= 11 is 7.42. The lowest BCUT2D eigenvalue weighted by Crippen LogP contribution is -2.44. The van der Waals surface area contributed by atoms with Crippen LogP contribution in [0.4, 0.5) is 0 Å². The van der Waals surface area contributed by atoms with Crippen molar-refractivity contribution in [1.82, 2.24) is 20.4 Å². The molecule has 2 heterocycles. The number of halogens is 1. The highest BCUT2D eigenvalue weighted by Gasteiger charge is 2.20. The third-order valence-corrected chi connectivity index (χ3v) is 5.26. The lowest BCUT2D eigenvalue weighted by molar-refractivity contribution is -0.122. The Kier molecular flexibility index (Phi) is 5.29. The summed E-state index contributed by atoms with van der Waals surface area (Å²) in [5.41, 5.74) is 1.66. The minimum Gasteiger partial charge on any atom is -0.355 e. The number of thiophene rings is 1. The van der Waals surface area contributed by atoms with E-state index in [1.54, 1.807) is 17.7 Å². The van der Waals surface area contributed by atoms with E-state index in [4.69, 9.17) is 11.6 Å². The van der Waals surface area contributed by atoms with Gasteiger partial charge in [-0.2, -0.15) is 5.10 Å². The molecule has 0 spiro atoms. The molecule has 0 bridgehead atoms. The fourth-order valence-electron chi connectivity index (χ4n) is 2.60. The van der Waals surface area contributed by atoms with Crippen molar-refractivity contribution in [2.24, 2.45) is 0 Å². The van der Waals surface area contributed by atoms with Gasteiger partial charge in [0.15, 0.2) is 0 Å². The molecule has 1 atom stereocenters. The Morgan fingerprint density at radius 1 is 1.35 bits per heavy atom. The van der Waals surface area contributed by atoms with Crippen molar-refractivity contribution in [3.63, 3.8) is 0 Å². The summed E-state index contributed by atoms with van der Waals surface area (Å²) in [5.74, 6) is -0.481. The van der Waals surface area contributed by atoms with E-state index >= 15 is 0 Å². The largest absolute Gasteiger partial charge is 0.355 e. The molecule has 0 saturated heterocycles. The van der Waals surface area contributed by atoms with E-state index in [1.165, 1.54) is 11.3 Å². The standard InChI is InChI=1S/C18H19ClN4O2S/c1-4-20-16(24)11(3)21-17(25)15-9-14-10(2)22-23(18(14)26-15)13-7-5-6-12(19)8-13/h5-9,11H,4H2,1-3H3,(H,20,24)(H,21,25)/t11-/m0/s1. The van der Waals surface area contributed by atoms with Gasteiger partial charge in [0.05, 0.1) is 16.3 Å². The summed E-state index contributed by atoms with van der Waals surface area (Å²) < 4.78 is 1.78. The summed E-state index contributed by atoms with van der Waals surface area (Å²) in [4.78, 5) is 25.7. The minimum atomic E-state index is -0.599. The maximum absolute atomic E-state index is 12.5. The lowest BCUT2D eigenvalue weighted by Gasteiger charge is -2.12. The SMILES string of the molecule is CCNC(=O)[C@H](C)NC(=O)c1cc2c(C)nn(-c3cccc(Cl)c3)c2s1. The Bertz CT molecular complexity index is 979. The molecule has 0 aliphatic carbocycles. The molecule has 1 aromatic carbocycles. The number of carbonyl (C=O) groups excluding carboxylic acids is 2. The number of benzene rings is 1. The first-order chi connectivity index (χ1) is 12.4. The molecule has 0 fully saturated rings. The summed E-state index contributed by atoms with van der Waals surface area (Å²) in [6.45, 7) is 5.92. The maximum atomic E-state index is 12.5. The van der Waals surface area contributed by atoms with Crippen LogP contribution in [-0.2, 0) is 4.79 Å². The maximum Gasteiger partial charge on any atom is 0.262 e. The van der Waals surface area contributed by atoms with E-state index in [1.807, 2.05) is 38.1 Å². The topological polar surface area (TPSA) is 76.0 Å². The summed E-state index contributed by atoms with van der Waals surface area (Å²) in [6, 6.07) is 8.60. The molecule has 2 N–H and O–H groups in total. The first-order valence-corrected chi connectivity index (χ1v) is 9.43. The monoisotopic (exact) mass is 390 g/mol. The zero-order valence-electron chi connectivity index (χ0n) is 14.7. The van der Waals surface area contributed by atoms with Crippen LogP contribution in [0.3, 0.4) is 0 Å². The van der Waals surface area contributed by atoms with E-state index in [0.29, 0.717) is 16.4 Å². The van der Waals surface area contributed by atoms with Gasteiger partial charge in [-0.3, -0.25) is 9.59 Å². The molecule has 0 unspecified atom stereocenters. The van der Waals surface area contributed by atoms with Crippen LogP contribution in [0, 0.1) is 6.92 Å². The number of aromatic nitrogens is 2. The lowest BCUT2D eigenvalue weighted by atomic mass is 10.2. The van der Waals surface area contributed by atoms with Crippen LogP contribution >= 0.6 is 22.9 Å². The van der Waals surface area contributed by atoms with Gasteiger partial charge < -0.3 is 10.6 Å². The average Bonchev–Trinajstić information content (AvgIpc) is 3.16. The Hall–Kier alpha value is -2.38. The highest BCUT2D eigenvalue weighted by Crippen LogP contribution is 2.31. The molecule has 136 valence electrons. The second kappa shape index (κ2) is 7.47. The van der Waals surface area contributed by atoms with Crippen molar-refractivity contribution in [3.05, 3.63) is 45.9 Å². The molecule has 26 heavy (non-hydrogen) atoms. The van der Waals surface area contributed by atoms with Gasteiger partial charge in [0.1, 0.15) is 10.9 Å². The molecular weight excluding hydrogens is 372 g/mol. The Labute approximate surface area is 160 Å². The number of likely N-dealkylation sites (N-methyl/N-ethyl adjacent to an activating group) is 1. The van der Waals surface area contributed by atoms with Gasteiger partial charge >= 0.3 is 0 Å². The van der Waals surface area contributed by atoms with Gasteiger partial charge in [-0.15, -0.1) is 11.3 Å². The normalized spacial score (nSPS) is 12.2. The molecule has 0 saturated carbocycles. The second-order valence-corrected chi connectivity index (χ2v) is 7.36. The van der Waals surface area contributed by atoms with Crippen molar-refractivity contribution in [2.45, 2.75) is 26.8 Å². The van der Waals surface area contributed by atoms with Gasteiger partial charge in [0.25, 0.3) is 5.91 Å². The Balaban J connectivity index is 1.91. The van der Waals surface area contributed by atoms with E-state index in [0.717, 1.165) is 21.6 Å². The third-order valence-electron chi connectivity index (χ3n) is 3.91. The minimum absolute atomic E-state index is 0.205. The van der Waals surface area contributed by atoms with Crippen LogP contribution < -0.4 is 10.6 Å². The first kappa shape index (κ1) is 18.4. The Morgan fingerprint density at radius 3 is 2.81 bits per heavy atom. The van der Waals surface area contributed by atoms with Gasteiger partial charge in [0, 0.05) is 17.0 Å². The molecule has 2 aromatic heterocycles. The van der Waals surface area contributed by atoms with Gasteiger partial charge in [-0.05, 0) is 45.0 Å². The van der Waals surface area contributed by atoms with Crippen molar-refractivity contribution >= 4 is 45.0 Å². The molecule has 0 radical (unpaired) electrons. The number of nitrogens with zero attached hydrogens (tertiary/aromatic N) is 2. The summed E-state index contributed by atoms with van der Waals surface area (Å²) in [7, 11) is 0. The number of fused-ring (bicyclic) bond motifs is 1. The highest BCUT2D eigenvalue weighted by molar-refractivity contribution is 7.20. The fourth-order valence-corrected chi connectivity index (χ4v) is 3.87. The zero-order chi connectivity index (χ0) is 18.8. The quantitative estimate of drug-likeness (QED) is 0.701. The Morgan fingerprint density at radius 2 is 2.12 bits per heavy atom. The number of nitrogens with one attached hydrogen (secondary N) is 2. The van der Waals surface area contributed by atoms with Crippen LogP contribution in [-0.4, -0.2) is 34.2 Å². The number of hydrogen-bond donors (Lipinski definition) is 2. The number of aryl methyl sites for hydroxylation is 1. The van der Waals surface area contributed by atoms with Gasteiger partial charge in [0.2, 0.25) is 5.91 Å². The average molecular weight is 391 g/mol. The number of rotatable bonds is 5. The predicted molar refractivity (Wildman–Crippen MR) is 104 cm³/mol. The molecule has 3 rings (SSSR count). The van der Waals surface area contributed by atoms with Crippen LogP contribution in [0.15, 0.2) is 30.3 Å². The zero-order valence-corrected chi connectivity index (χ0v) is 16.2. The van der Waals surface area contributed by atoms with E-state index in [-0.39, 0.29) is 11.8 Å². The van der Waals surface area contributed by atoms with E-state index in [2.05, 4.69) is 15.7 Å². The third kappa shape index (κ3) is 3.59. The number of carbonyl (C=O) groups is 2. The van der Waals surface area contributed by atoms with Gasteiger partial charge in [-0.1, -0.05) is 17.7 Å². The first-order valence-electron chi connectivity index (χ1n) is 8.24. The molecule has 2 amide bonds. The van der Waals surface area contributed by atoms with Crippen LogP contribution in [0.5, 0.6) is 0 Å². The number of hydrogen-bond acceptors (Lipinski definition) is 4. The molecule has 8 heteroatoms.